The van der Waals surface area contributed by atoms with E-state index >= 15 is 0 Å². The molecule has 0 spiro atoms. The Kier molecular flexibility index (Phi) is 4.26. The van der Waals surface area contributed by atoms with Crippen molar-refractivity contribution in [2.24, 2.45) is 0 Å². The van der Waals surface area contributed by atoms with E-state index in [0.29, 0.717) is 12.0 Å². The Bertz CT molecular complexity index is 568. The van der Waals surface area contributed by atoms with Gasteiger partial charge in [0.1, 0.15) is 17.2 Å². The fraction of sp³-hybridized carbons (Fsp3) is 0.778. The number of nitrogens with zero attached hydrogens (tertiary/aromatic N) is 4. The van der Waals surface area contributed by atoms with Gasteiger partial charge in [-0.3, -0.25) is 0 Å². The van der Waals surface area contributed by atoms with Crippen LogP contribution in [-0.2, 0) is 0 Å². The third kappa shape index (κ3) is 2.76. The molecule has 2 unspecified atom stereocenters. The third-order valence-corrected chi connectivity index (χ3v) is 7.61. The van der Waals surface area contributed by atoms with Gasteiger partial charge < -0.3 is 9.80 Å². The zero-order chi connectivity index (χ0) is 16.0. The summed E-state index contributed by atoms with van der Waals surface area (Å²) in [6, 6.07) is 1.39. The van der Waals surface area contributed by atoms with Crippen LogP contribution in [0.1, 0.15) is 56.4 Å². The molecule has 0 amide bonds. The molecule has 5 heteroatoms. The Morgan fingerprint density at radius 1 is 0.957 bits per heavy atom. The van der Waals surface area contributed by atoms with Crippen LogP contribution in [0.3, 0.4) is 0 Å². The molecule has 3 aliphatic rings. The molecule has 1 aliphatic heterocycles. The van der Waals surface area contributed by atoms with Gasteiger partial charge in [0.25, 0.3) is 0 Å². The monoisotopic (exact) mass is 332 g/mol. The molecule has 0 bridgehead atoms. The van der Waals surface area contributed by atoms with E-state index in [9.17, 15) is 0 Å². The second-order valence-corrected chi connectivity index (χ2v) is 8.87. The lowest BCUT2D eigenvalue weighted by Crippen LogP contribution is -2.41. The van der Waals surface area contributed by atoms with Crippen molar-refractivity contribution in [1.82, 2.24) is 14.9 Å². The van der Waals surface area contributed by atoms with Gasteiger partial charge in [0.15, 0.2) is 0 Å². The van der Waals surface area contributed by atoms with Crippen molar-refractivity contribution >= 4 is 17.6 Å². The lowest BCUT2D eigenvalue weighted by molar-refractivity contribution is 0.215. The van der Waals surface area contributed by atoms with Gasteiger partial charge in [-0.2, -0.15) is 0 Å². The zero-order valence-corrected chi connectivity index (χ0v) is 15.4. The first-order valence-corrected chi connectivity index (χ1v) is 9.94. The first-order chi connectivity index (χ1) is 11.1. The predicted octanol–water partition coefficient (Wildman–Crippen LogP) is 3.53. The molecule has 0 N–H and O–H groups in total. The highest BCUT2D eigenvalue weighted by atomic mass is 32.2. The molecule has 2 heterocycles. The number of aromatic nitrogens is 2. The maximum absolute atomic E-state index is 4.73. The summed E-state index contributed by atoms with van der Waals surface area (Å²) in [5.74, 6) is 1.93. The van der Waals surface area contributed by atoms with E-state index in [4.69, 9.17) is 4.98 Å². The van der Waals surface area contributed by atoms with E-state index < -0.39 is 0 Å². The second-order valence-electron chi connectivity index (χ2n) is 7.65. The van der Waals surface area contributed by atoms with Gasteiger partial charge in [0.2, 0.25) is 0 Å². The Morgan fingerprint density at radius 2 is 1.70 bits per heavy atom. The topological polar surface area (TPSA) is 32.3 Å². The minimum absolute atomic E-state index is 0.635. The first kappa shape index (κ1) is 15.7. The minimum Gasteiger partial charge on any atom is -0.356 e. The van der Waals surface area contributed by atoms with Crippen LogP contribution in [0.5, 0.6) is 0 Å². The molecule has 0 saturated heterocycles. The second kappa shape index (κ2) is 6.25. The van der Waals surface area contributed by atoms with E-state index in [0.717, 1.165) is 11.3 Å². The highest BCUT2D eigenvalue weighted by molar-refractivity contribution is 8.00. The van der Waals surface area contributed by atoms with Crippen molar-refractivity contribution in [1.29, 1.82) is 0 Å². The number of anilines is 1. The van der Waals surface area contributed by atoms with E-state index in [1.807, 2.05) is 11.8 Å². The van der Waals surface area contributed by atoms with Crippen LogP contribution in [0.25, 0.3) is 0 Å². The summed E-state index contributed by atoms with van der Waals surface area (Å²) in [6.07, 6.45) is 11.0. The summed E-state index contributed by atoms with van der Waals surface area (Å²) in [5.41, 5.74) is 1.47. The predicted molar refractivity (Wildman–Crippen MR) is 96.4 cm³/mol. The van der Waals surface area contributed by atoms with Gasteiger partial charge in [-0.1, -0.05) is 6.42 Å². The van der Waals surface area contributed by atoms with Gasteiger partial charge in [-0.15, -0.1) is 11.8 Å². The van der Waals surface area contributed by atoms with Crippen LogP contribution in [-0.4, -0.2) is 53.3 Å². The van der Waals surface area contributed by atoms with Crippen molar-refractivity contribution in [3.8, 4) is 0 Å². The molecule has 23 heavy (non-hydrogen) atoms. The quantitative estimate of drug-likeness (QED) is 0.791. The SMILES string of the molecule is CN(C)[C@H]1CC[C@H](N(C)c2ncnc3c2C2CCCC2S3)CC1. The number of thioether (sulfide) groups is 1. The van der Waals surface area contributed by atoms with Crippen LogP contribution in [0.15, 0.2) is 11.4 Å². The molecule has 2 fully saturated rings. The van der Waals surface area contributed by atoms with Crippen LogP contribution in [0.2, 0.25) is 0 Å². The van der Waals surface area contributed by atoms with Gasteiger partial charge in [-0.25, -0.2) is 9.97 Å². The summed E-state index contributed by atoms with van der Waals surface area (Å²) < 4.78 is 0. The molecule has 2 aliphatic carbocycles. The maximum Gasteiger partial charge on any atom is 0.136 e. The lowest BCUT2D eigenvalue weighted by atomic mass is 9.89. The number of hydrogen-bond acceptors (Lipinski definition) is 5. The smallest absolute Gasteiger partial charge is 0.136 e. The standard InChI is InChI=1S/C18H28N4S/c1-21(2)12-7-9-13(10-8-12)22(3)17-16-14-5-4-6-15(14)23-18(16)20-11-19-17/h11-15H,4-10H2,1-3H3/t12-,13-,14?,15?. The van der Waals surface area contributed by atoms with Crippen LogP contribution in [0.4, 0.5) is 5.82 Å². The van der Waals surface area contributed by atoms with Gasteiger partial charge >= 0.3 is 0 Å². The Balaban J connectivity index is 1.54. The molecular formula is C18H28N4S. The van der Waals surface area contributed by atoms with Gasteiger partial charge in [0.05, 0.1) is 0 Å². The normalized spacial score (nSPS) is 32.9. The lowest BCUT2D eigenvalue weighted by Gasteiger charge is -2.38. The molecule has 1 aromatic rings. The van der Waals surface area contributed by atoms with Crippen LogP contribution >= 0.6 is 11.8 Å². The molecule has 4 rings (SSSR count). The van der Waals surface area contributed by atoms with Crippen molar-refractivity contribution < 1.29 is 0 Å². The van der Waals surface area contributed by atoms with E-state index in [-0.39, 0.29) is 0 Å². The van der Waals surface area contributed by atoms with E-state index in [1.54, 1.807) is 6.33 Å². The first-order valence-electron chi connectivity index (χ1n) is 9.06. The largest absolute Gasteiger partial charge is 0.356 e. The molecule has 126 valence electrons. The number of rotatable bonds is 3. The van der Waals surface area contributed by atoms with Gasteiger partial charge in [-0.05, 0) is 52.6 Å². The molecule has 4 nitrogen and oxygen atoms in total. The summed E-state index contributed by atoms with van der Waals surface area (Å²) in [7, 11) is 6.68. The highest BCUT2D eigenvalue weighted by Gasteiger charge is 2.41. The molecular weight excluding hydrogens is 304 g/mol. The Hall–Kier alpha value is -0.810. The summed E-state index contributed by atoms with van der Waals surface area (Å²) >= 11 is 2.00. The zero-order valence-electron chi connectivity index (χ0n) is 14.5. The van der Waals surface area contributed by atoms with Crippen LogP contribution in [0, 0.1) is 0 Å². The summed E-state index contributed by atoms with van der Waals surface area (Å²) in [4.78, 5) is 14.2. The number of fused-ring (bicyclic) bond motifs is 3. The number of hydrogen-bond donors (Lipinski definition) is 0. The van der Waals surface area contributed by atoms with E-state index in [2.05, 4.69) is 35.9 Å². The molecule has 2 atom stereocenters. The maximum atomic E-state index is 4.73. The minimum atomic E-state index is 0.635. The van der Waals surface area contributed by atoms with Crippen molar-refractivity contribution in [2.45, 2.75) is 73.2 Å². The summed E-state index contributed by atoms with van der Waals surface area (Å²) in [5, 5.41) is 2.02. The average Bonchev–Trinajstić information content (AvgIpc) is 3.14. The Morgan fingerprint density at radius 3 is 2.43 bits per heavy atom. The van der Waals surface area contributed by atoms with E-state index in [1.165, 1.54) is 61.4 Å². The average molecular weight is 333 g/mol. The molecule has 2 saturated carbocycles. The van der Waals surface area contributed by atoms with Crippen molar-refractivity contribution in [3.05, 3.63) is 11.9 Å². The molecule has 0 aromatic carbocycles. The fourth-order valence-electron chi connectivity index (χ4n) is 4.75. The summed E-state index contributed by atoms with van der Waals surface area (Å²) in [6.45, 7) is 0. The third-order valence-electron chi connectivity index (χ3n) is 6.19. The van der Waals surface area contributed by atoms with Gasteiger partial charge in [0, 0.05) is 35.9 Å². The highest BCUT2D eigenvalue weighted by Crippen LogP contribution is 2.54. The fourth-order valence-corrected chi connectivity index (χ4v) is 6.23. The van der Waals surface area contributed by atoms with Crippen LogP contribution < -0.4 is 4.90 Å². The molecule has 0 radical (unpaired) electrons. The molecule has 1 aromatic heterocycles. The van der Waals surface area contributed by atoms with Crippen molar-refractivity contribution in [2.75, 3.05) is 26.0 Å². The Labute approximate surface area is 144 Å². The van der Waals surface area contributed by atoms with Crippen molar-refractivity contribution in [3.63, 3.8) is 0 Å².